The fourth-order valence-corrected chi connectivity index (χ4v) is 2.14. The summed E-state index contributed by atoms with van der Waals surface area (Å²) in [5.74, 6) is 0.623. The topological polar surface area (TPSA) is 46.0 Å². The van der Waals surface area contributed by atoms with Gasteiger partial charge in [-0.2, -0.15) is 0 Å². The van der Waals surface area contributed by atoms with Crippen LogP contribution in [0.5, 0.6) is 0 Å². The Balaban J connectivity index is 1.98. The molecule has 3 heteroatoms. The molecule has 1 aromatic carbocycles. The fraction of sp³-hybridized carbons (Fsp3) is 0.286. The molecular formula is C14H14N2O. The number of aromatic nitrogens is 2. The first kappa shape index (κ1) is 10.4. The van der Waals surface area contributed by atoms with Gasteiger partial charge in [-0.15, -0.1) is 0 Å². The van der Waals surface area contributed by atoms with Crippen molar-refractivity contribution in [1.82, 2.24) is 9.97 Å². The van der Waals surface area contributed by atoms with Crippen molar-refractivity contribution in [2.24, 2.45) is 0 Å². The predicted octanol–water partition coefficient (Wildman–Crippen LogP) is 2.44. The minimum atomic E-state index is -0.666. The van der Waals surface area contributed by atoms with Gasteiger partial charge in [0, 0.05) is 12.4 Å². The van der Waals surface area contributed by atoms with Crippen molar-refractivity contribution in [3.05, 3.63) is 59.7 Å². The lowest BCUT2D eigenvalue weighted by Gasteiger charge is -2.14. The normalized spacial score (nSPS) is 16.8. The number of benzene rings is 1. The van der Waals surface area contributed by atoms with Gasteiger partial charge in [0.1, 0.15) is 6.10 Å². The van der Waals surface area contributed by atoms with E-state index in [2.05, 4.69) is 16.0 Å². The van der Waals surface area contributed by atoms with Crippen LogP contribution in [-0.4, -0.2) is 15.1 Å². The van der Waals surface area contributed by atoms with Gasteiger partial charge < -0.3 is 5.11 Å². The van der Waals surface area contributed by atoms with Gasteiger partial charge in [0.15, 0.2) is 0 Å². The minimum absolute atomic E-state index is 0.612. The van der Waals surface area contributed by atoms with E-state index < -0.39 is 6.10 Å². The standard InChI is InChI=1S/C14H14N2O/c17-14(13-9-15-7-8-16-13)12-4-2-1-3-11(12)10-5-6-10/h1-4,7-10,14,17H,5-6H2. The molecule has 0 bridgehead atoms. The Morgan fingerprint density at radius 3 is 2.71 bits per heavy atom. The van der Waals surface area contributed by atoms with Crippen LogP contribution in [0.1, 0.15) is 41.7 Å². The third-order valence-electron chi connectivity index (χ3n) is 3.17. The van der Waals surface area contributed by atoms with Gasteiger partial charge >= 0.3 is 0 Å². The van der Waals surface area contributed by atoms with E-state index in [0.29, 0.717) is 11.6 Å². The van der Waals surface area contributed by atoms with Gasteiger partial charge in [0.25, 0.3) is 0 Å². The maximum Gasteiger partial charge on any atom is 0.123 e. The van der Waals surface area contributed by atoms with Gasteiger partial charge in [-0.3, -0.25) is 9.97 Å². The predicted molar refractivity (Wildman–Crippen MR) is 64.5 cm³/mol. The number of rotatable bonds is 3. The van der Waals surface area contributed by atoms with Gasteiger partial charge in [0.05, 0.1) is 11.9 Å². The third kappa shape index (κ3) is 2.06. The van der Waals surface area contributed by atoms with Crippen molar-refractivity contribution in [3.63, 3.8) is 0 Å². The second-order valence-corrected chi connectivity index (χ2v) is 4.44. The number of hydrogen-bond acceptors (Lipinski definition) is 3. The Morgan fingerprint density at radius 1 is 1.18 bits per heavy atom. The Kier molecular flexibility index (Phi) is 2.61. The van der Waals surface area contributed by atoms with E-state index in [9.17, 15) is 5.11 Å². The molecule has 1 atom stereocenters. The highest BCUT2D eigenvalue weighted by atomic mass is 16.3. The number of nitrogens with zero attached hydrogens (tertiary/aromatic N) is 2. The van der Waals surface area contributed by atoms with E-state index >= 15 is 0 Å². The summed E-state index contributed by atoms with van der Waals surface area (Å²) < 4.78 is 0. The summed E-state index contributed by atoms with van der Waals surface area (Å²) in [5.41, 5.74) is 2.83. The van der Waals surface area contributed by atoms with E-state index in [1.54, 1.807) is 18.6 Å². The van der Waals surface area contributed by atoms with Crippen molar-refractivity contribution >= 4 is 0 Å². The van der Waals surface area contributed by atoms with Gasteiger partial charge in [-0.05, 0) is 29.9 Å². The van der Waals surface area contributed by atoms with Gasteiger partial charge in [-0.1, -0.05) is 24.3 Å². The zero-order chi connectivity index (χ0) is 11.7. The van der Waals surface area contributed by atoms with Crippen LogP contribution in [0, 0.1) is 0 Å². The quantitative estimate of drug-likeness (QED) is 0.874. The average Bonchev–Trinajstić information content (AvgIpc) is 3.23. The molecule has 1 saturated carbocycles. The van der Waals surface area contributed by atoms with Crippen molar-refractivity contribution in [2.45, 2.75) is 24.9 Å². The van der Waals surface area contributed by atoms with Crippen LogP contribution in [-0.2, 0) is 0 Å². The molecule has 1 aromatic heterocycles. The van der Waals surface area contributed by atoms with Crippen LogP contribution in [0.2, 0.25) is 0 Å². The summed E-state index contributed by atoms with van der Waals surface area (Å²) in [6, 6.07) is 8.07. The van der Waals surface area contributed by atoms with Gasteiger partial charge in [-0.25, -0.2) is 0 Å². The number of aliphatic hydroxyl groups excluding tert-OH is 1. The number of hydrogen-bond donors (Lipinski definition) is 1. The summed E-state index contributed by atoms with van der Waals surface area (Å²) in [6.07, 6.45) is 6.63. The Bertz CT molecular complexity index is 509. The first-order valence-corrected chi connectivity index (χ1v) is 5.89. The van der Waals surface area contributed by atoms with E-state index in [1.165, 1.54) is 18.4 Å². The molecule has 1 heterocycles. The van der Waals surface area contributed by atoms with Crippen molar-refractivity contribution in [1.29, 1.82) is 0 Å². The van der Waals surface area contributed by atoms with E-state index in [0.717, 1.165) is 5.56 Å². The van der Waals surface area contributed by atoms with E-state index in [-0.39, 0.29) is 0 Å². The molecule has 1 aliphatic rings. The van der Waals surface area contributed by atoms with Crippen LogP contribution in [0.3, 0.4) is 0 Å². The molecule has 0 radical (unpaired) electrons. The summed E-state index contributed by atoms with van der Waals surface area (Å²) in [7, 11) is 0. The molecule has 2 aromatic rings. The molecule has 1 aliphatic carbocycles. The smallest absolute Gasteiger partial charge is 0.123 e. The molecule has 0 amide bonds. The summed E-state index contributed by atoms with van der Waals surface area (Å²) >= 11 is 0. The summed E-state index contributed by atoms with van der Waals surface area (Å²) in [5, 5.41) is 10.3. The SMILES string of the molecule is OC(c1cnccn1)c1ccccc1C1CC1. The lowest BCUT2D eigenvalue weighted by atomic mass is 9.97. The van der Waals surface area contributed by atoms with Crippen molar-refractivity contribution in [2.75, 3.05) is 0 Å². The molecule has 86 valence electrons. The Morgan fingerprint density at radius 2 is 2.00 bits per heavy atom. The third-order valence-corrected chi connectivity index (χ3v) is 3.17. The molecule has 0 aliphatic heterocycles. The second-order valence-electron chi connectivity index (χ2n) is 4.44. The van der Waals surface area contributed by atoms with E-state index in [1.807, 2.05) is 18.2 Å². The van der Waals surface area contributed by atoms with Crippen LogP contribution in [0.15, 0.2) is 42.9 Å². The minimum Gasteiger partial charge on any atom is -0.382 e. The molecule has 1 fully saturated rings. The molecule has 0 spiro atoms. The zero-order valence-corrected chi connectivity index (χ0v) is 9.45. The fourth-order valence-electron chi connectivity index (χ4n) is 2.14. The molecule has 1 N–H and O–H groups in total. The van der Waals surface area contributed by atoms with Crippen LogP contribution in [0.4, 0.5) is 0 Å². The van der Waals surface area contributed by atoms with Crippen LogP contribution in [0.25, 0.3) is 0 Å². The van der Waals surface area contributed by atoms with Crippen LogP contribution >= 0.6 is 0 Å². The zero-order valence-electron chi connectivity index (χ0n) is 9.45. The Hall–Kier alpha value is -1.74. The summed E-state index contributed by atoms with van der Waals surface area (Å²) in [4.78, 5) is 8.16. The first-order valence-electron chi connectivity index (χ1n) is 5.89. The molecule has 17 heavy (non-hydrogen) atoms. The maximum absolute atomic E-state index is 10.3. The molecular weight excluding hydrogens is 212 g/mol. The van der Waals surface area contributed by atoms with Crippen molar-refractivity contribution < 1.29 is 5.11 Å². The first-order chi connectivity index (χ1) is 8.36. The van der Waals surface area contributed by atoms with Crippen molar-refractivity contribution in [3.8, 4) is 0 Å². The van der Waals surface area contributed by atoms with E-state index in [4.69, 9.17) is 0 Å². The summed E-state index contributed by atoms with van der Waals surface area (Å²) in [6.45, 7) is 0. The average molecular weight is 226 g/mol. The monoisotopic (exact) mass is 226 g/mol. The Labute approximate surface area is 100 Å². The maximum atomic E-state index is 10.3. The largest absolute Gasteiger partial charge is 0.382 e. The number of aliphatic hydroxyl groups is 1. The lowest BCUT2D eigenvalue weighted by molar-refractivity contribution is 0.213. The molecule has 3 nitrogen and oxygen atoms in total. The highest BCUT2D eigenvalue weighted by molar-refractivity contribution is 5.37. The highest BCUT2D eigenvalue weighted by Gasteiger charge is 2.28. The van der Waals surface area contributed by atoms with Crippen LogP contribution < -0.4 is 0 Å². The second kappa shape index (κ2) is 4.26. The molecule has 0 saturated heterocycles. The molecule has 1 unspecified atom stereocenters. The molecule has 3 rings (SSSR count). The highest BCUT2D eigenvalue weighted by Crippen LogP contribution is 2.43. The lowest BCUT2D eigenvalue weighted by Crippen LogP contribution is -2.05. The van der Waals surface area contributed by atoms with Gasteiger partial charge in [0.2, 0.25) is 0 Å².